The van der Waals surface area contributed by atoms with Crippen molar-refractivity contribution in [3.63, 3.8) is 0 Å². The van der Waals surface area contributed by atoms with Crippen molar-refractivity contribution < 1.29 is 9.59 Å². The summed E-state index contributed by atoms with van der Waals surface area (Å²) < 4.78 is 0.811. The molecule has 2 N–H and O–H groups in total. The molecule has 35 heavy (non-hydrogen) atoms. The van der Waals surface area contributed by atoms with Crippen LogP contribution in [0.1, 0.15) is 21.2 Å². The van der Waals surface area contributed by atoms with E-state index in [1.54, 1.807) is 24.3 Å². The molecule has 2 amide bonds. The monoisotopic (exact) mass is 584 g/mol. The highest BCUT2D eigenvalue weighted by atomic mass is 79.9. The first kappa shape index (κ1) is 25.3. The molecule has 0 aliphatic rings. The fourth-order valence-corrected chi connectivity index (χ4v) is 5.19. The van der Waals surface area contributed by atoms with Crippen molar-refractivity contribution in [1.29, 1.82) is 0 Å². The highest BCUT2D eigenvalue weighted by Crippen LogP contribution is 2.37. The Kier molecular flexibility index (Phi) is 8.52. The topological polar surface area (TPSA) is 58.2 Å². The van der Waals surface area contributed by atoms with Crippen LogP contribution in [0.25, 0.3) is 0 Å². The van der Waals surface area contributed by atoms with Crippen molar-refractivity contribution in [3.8, 4) is 0 Å². The largest absolute Gasteiger partial charge is 0.324 e. The second kappa shape index (κ2) is 11.8. The fourth-order valence-electron chi connectivity index (χ4n) is 3.29. The van der Waals surface area contributed by atoms with Gasteiger partial charge in [-0.2, -0.15) is 0 Å². The van der Waals surface area contributed by atoms with Crippen LogP contribution in [0.15, 0.2) is 106 Å². The molecule has 0 aliphatic heterocycles. The number of amides is 2. The van der Waals surface area contributed by atoms with Gasteiger partial charge in [0.25, 0.3) is 5.91 Å². The summed E-state index contributed by atoms with van der Waals surface area (Å²) in [5, 5.41) is 6.11. The van der Waals surface area contributed by atoms with Gasteiger partial charge in [0.15, 0.2) is 0 Å². The lowest BCUT2D eigenvalue weighted by molar-refractivity contribution is -0.115. The van der Waals surface area contributed by atoms with Crippen molar-refractivity contribution in [1.82, 2.24) is 0 Å². The number of carbonyl (C=O) groups is 2. The van der Waals surface area contributed by atoms with Gasteiger partial charge in [0.2, 0.25) is 5.91 Å². The Hall–Kier alpha value is -2.77. The lowest BCUT2D eigenvalue weighted by atomic mass is 10.1. The Labute approximate surface area is 226 Å². The predicted molar refractivity (Wildman–Crippen MR) is 149 cm³/mol. The van der Waals surface area contributed by atoms with Crippen molar-refractivity contribution in [2.45, 2.75) is 10.1 Å². The molecule has 1 unspecified atom stereocenters. The summed E-state index contributed by atoms with van der Waals surface area (Å²) in [6, 6.07) is 29.1. The summed E-state index contributed by atoms with van der Waals surface area (Å²) >= 11 is 17.0. The van der Waals surface area contributed by atoms with E-state index in [-0.39, 0.29) is 16.8 Å². The van der Waals surface area contributed by atoms with E-state index in [0.29, 0.717) is 22.0 Å². The number of benzene rings is 4. The minimum absolute atomic E-state index is 0.136. The first-order valence-electron chi connectivity index (χ1n) is 10.5. The van der Waals surface area contributed by atoms with Crippen molar-refractivity contribution >= 4 is 74.1 Å². The summed E-state index contributed by atoms with van der Waals surface area (Å²) in [4.78, 5) is 26.7. The quantitative estimate of drug-likeness (QED) is 0.214. The first-order valence-corrected chi connectivity index (χ1v) is 13.0. The lowest BCUT2D eigenvalue weighted by Crippen LogP contribution is -2.19. The zero-order valence-electron chi connectivity index (χ0n) is 18.2. The maximum absolute atomic E-state index is 13.3. The van der Waals surface area contributed by atoms with E-state index in [1.165, 1.54) is 17.8 Å². The smallest absolute Gasteiger partial charge is 0.257 e. The van der Waals surface area contributed by atoms with Gasteiger partial charge in [-0.05, 0) is 76.1 Å². The van der Waals surface area contributed by atoms with Gasteiger partial charge in [-0.3, -0.25) is 9.59 Å². The van der Waals surface area contributed by atoms with E-state index < -0.39 is 5.25 Å². The van der Waals surface area contributed by atoms with E-state index in [9.17, 15) is 9.59 Å². The van der Waals surface area contributed by atoms with Gasteiger partial charge in [-0.1, -0.05) is 65.7 Å². The Bertz CT molecular complexity index is 1350. The van der Waals surface area contributed by atoms with Crippen LogP contribution in [0.3, 0.4) is 0 Å². The number of thioether (sulfide) groups is 1. The molecule has 4 nitrogen and oxygen atoms in total. The summed E-state index contributed by atoms with van der Waals surface area (Å²) in [5.41, 5.74) is 2.54. The van der Waals surface area contributed by atoms with Gasteiger partial charge < -0.3 is 10.6 Å². The number of carbonyl (C=O) groups excluding carboxylic acids is 2. The van der Waals surface area contributed by atoms with Crippen LogP contribution < -0.4 is 10.6 Å². The van der Waals surface area contributed by atoms with Crippen molar-refractivity contribution in [2.75, 3.05) is 10.6 Å². The highest BCUT2D eigenvalue weighted by Gasteiger charge is 2.23. The molecule has 1 atom stereocenters. The van der Waals surface area contributed by atoms with Crippen molar-refractivity contribution in [2.24, 2.45) is 0 Å². The minimum atomic E-state index is -0.475. The number of anilines is 2. The van der Waals surface area contributed by atoms with Gasteiger partial charge in [0, 0.05) is 20.1 Å². The third kappa shape index (κ3) is 6.67. The van der Waals surface area contributed by atoms with E-state index in [1.807, 2.05) is 66.7 Å². The zero-order chi connectivity index (χ0) is 24.8. The molecule has 4 aromatic carbocycles. The SMILES string of the molecule is O=C(Nc1ccc(SC(C(=O)Nc2ccccc2Br)c2ccccc2)cc1)c1ccc(Cl)cc1Cl. The summed E-state index contributed by atoms with van der Waals surface area (Å²) in [7, 11) is 0. The Morgan fingerprint density at radius 3 is 2.17 bits per heavy atom. The lowest BCUT2D eigenvalue weighted by Gasteiger charge is -2.18. The van der Waals surface area contributed by atoms with Gasteiger partial charge in [-0.25, -0.2) is 0 Å². The number of halogens is 3. The maximum Gasteiger partial charge on any atom is 0.257 e. The molecule has 0 heterocycles. The van der Waals surface area contributed by atoms with Gasteiger partial charge in [0.1, 0.15) is 5.25 Å². The Balaban J connectivity index is 1.50. The Morgan fingerprint density at radius 2 is 1.49 bits per heavy atom. The normalized spacial score (nSPS) is 11.5. The maximum atomic E-state index is 13.3. The molecule has 0 aliphatic carbocycles. The minimum Gasteiger partial charge on any atom is -0.324 e. The number of rotatable bonds is 7. The standard InChI is InChI=1S/C27H19BrCl2N2O2S/c28-22-8-4-5-9-24(22)32-27(34)25(17-6-2-1-3-7-17)35-20-13-11-19(12-14-20)31-26(33)21-15-10-18(29)16-23(21)30/h1-16,25H,(H,31,33)(H,32,34). The predicted octanol–water partition coefficient (Wildman–Crippen LogP) is 8.48. The first-order chi connectivity index (χ1) is 16.9. The van der Waals surface area contributed by atoms with E-state index >= 15 is 0 Å². The molecule has 176 valence electrons. The summed E-state index contributed by atoms with van der Waals surface area (Å²) in [5.74, 6) is -0.468. The molecule has 0 aromatic heterocycles. The summed E-state index contributed by atoms with van der Waals surface area (Å²) in [6.07, 6.45) is 0. The second-order valence-electron chi connectivity index (χ2n) is 7.48. The highest BCUT2D eigenvalue weighted by molar-refractivity contribution is 9.10. The second-order valence-corrected chi connectivity index (χ2v) is 10.4. The van der Waals surface area contributed by atoms with Crippen LogP contribution >= 0.6 is 50.9 Å². The van der Waals surface area contributed by atoms with Crippen LogP contribution in [0, 0.1) is 0 Å². The molecule has 0 fully saturated rings. The number of nitrogens with one attached hydrogen (secondary N) is 2. The third-order valence-corrected chi connectivity index (χ3v) is 7.52. The molecule has 0 radical (unpaired) electrons. The number of para-hydroxylation sites is 1. The van der Waals surface area contributed by atoms with Crippen LogP contribution in [0.2, 0.25) is 10.0 Å². The van der Waals surface area contributed by atoms with E-state index in [2.05, 4.69) is 26.6 Å². The van der Waals surface area contributed by atoms with Gasteiger partial charge in [0.05, 0.1) is 16.3 Å². The molecule has 0 saturated carbocycles. The van der Waals surface area contributed by atoms with Crippen LogP contribution in [-0.4, -0.2) is 11.8 Å². The fraction of sp³-hybridized carbons (Fsp3) is 0.0370. The van der Waals surface area contributed by atoms with E-state index in [0.717, 1.165) is 14.9 Å². The molecule has 0 spiro atoms. The number of hydrogen-bond acceptors (Lipinski definition) is 3. The third-order valence-electron chi connectivity index (χ3n) is 5.01. The van der Waals surface area contributed by atoms with Crippen molar-refractivity contribution in [3.05, 3.63) is 123 Å². The molecular formula is C27H19BrCl2N2O2S. The zero-order valence-corrected chi connectivity index (χ0v) is 22.1. The molecular weight excluding hydrogens is 567 g/mol. The van der Waals surface area contributed by atoms with Crippen LogP contribution in [0.4, 0.5) is 11.4 Å². The van der Waals surface area contributed by atoms with Crippen LogP contribution in [-0.2, 0) is 4.79 Å². The average Bonchev–Trinajstić information content (AvgIpc) is 2.85. The molecule has 8 heteroatoms. The van der Waals surface area contributed by atoms with E-state index in [4.69, 9.17) is 23.2 Å². The molecule has 0 saturated heterocycles. The Morgan fingerprint density at radius 1 is 0.800 bits per heavy atom. The molecule has 4 rings (SSSR count). The summed E-state index contributed by atoms with van der Waals surface area (Å²) in [6.45, 7) is 0. The average molecular weight is 586 g/mol. The molecule has 4 aromatic rings. The van der Waals surface area contributed by atoms with Crippen LogP contribution in [0.5, 0.6) is 0 Å². The number of hydrogen-bond donors (Lipinski definition) is 2. The molecule has 0 bridgehead atoms. The van der Waals surface area contributed by atoms with Gasteiger partial charge >= 0.3 is 0 Å². The van der Waals surface area contributed by atoms with Gasteiger partial charge in [-0.15, -0.1) is 11.8 Å².